The summed E-state index contributed by atoms with van der Waals surface area (Å²) in [5.74, 6) is -1.54. The summed E-state index contributed by atoms with van der Waals surface area (Å²) in [4.78, 5) is 31.7. The molecule has 35 heavy (non-hydrogen) atoms. The lowest BCUT2D eigenvalue weighted by molar-refractivity contribution is -0.132. The van der Waals surface area contributed by atoms with Crippen molar-refractivity contribution in [1.82, 2.24) is 4.98 Å². The molecule has 0 bridgehead atoms. The van der Waals surface area contributed by atoms with Crippen molar-refractivity contribution in [2.24, 2.45) is 0 Å². The van der Waals surface area contributed by atoms with Crippen LogP contribution in [-0.4, -0.2) is 21.8 Å². The number of ketones is 1. The van der Waals surface area contributed by atoms with Crippen molar-refractivity contribution >= 4 is 44.8 Å². The molecule has 0 spiro atoms. The second kappa shape index (κ2) is 7.99. The monoisotopic (exact) mass is 458 g/mol. The third kappa shape index (κ3) is 3.24. The van der Waals surface area contributed by atoms with Gasteiger partial charge in [0.2, 0.25) is 0 Å². The number of anilines is 1. The van der Waals surface area contributed by atoms with E-state index in [1.807, 2.05) is 98.0 Å². The van der Waals surface area contributed by atoms with E-state index < -0.39 is 17.7 Å². The molecule has 5 aromatic rings. The largest absolute Gasteiger partial charge is 0.507 e. The number of aromatic nitrogens is 1. The van der Waals surface area contributed by atoms with Crippen LogP contribution in [0.5, 0.6) is 0 Å². The predicted octanol–water partition coefficient (Wildman–Crippen LogP) is 6.26. The molecule has 1 saturated heterocycles. The van der Waals surface area contributed by atoms with E-state index >= 15 is 0 Å². The summed E-state index contributed by atoms with van der Waals surface area (Å²) in [6, 6.07) is 27.8. The first-order valence-electron chi connectivity index (χ1n) is 11.5. The molecule has 1 fully saturated rings. The standard InChI is InChI=1S/C30H22N2O3/c1-18-8-2-7-13-25(18)32-27(23-17-31-24-12-6-5-11-22(23)24)26(29(34)30(32)35)28(33)21-15-14-19-9-3-4-10-20(19)16-21/h2-17,27,31,33H,1H3/b28-26+. The normalized spacial score (nSPS) is 17.5. The lowest BCUT2D eigenvalue weighted by Gasteiger charge is -2.26. The summed E-state index contributed by atoms with van der Waals surface area (Å²) in [5.41, 5.74) is 3.73. The minimum atomic E-state index is -0.779. The number of amides is 1. The Balaban J connectivity index is 1.63. The van der Waals surface area contributed by atoms with Crippen molar-refractivity contribution in [3.05, 3.63) is 119 Å². The van der Waals surface area contributed by atoms with Gasteiger partial charge in [-0.25, -0.2) is 0 Å². The number of H-pyrrole nitrogens is 1. The van der Waals surface area contributed by atoms with E-state index in [-0.39, 0.29) is 11.3 Å². The Hall–Kier alpha value is -4.64. The van der Waals surface area contributed by atoms with Crippen LogP contribution in [0.25, 0.3) is 27.4 Å². The first-order chi connectivity index (χ1) is 17.0. The molecule has 0 radical (unpaired) electrons. The van der Waals surface area contributed by atoms with E-state index in [9.17, 15) is 14.7 Å². The molecule has 6 rings (SSSR count). The fourth-order valence-corrected chi connectivity index (χ4v) is 5.02. The number of hydrogen-bond acceptors (Lipinski definition) is 3. The molecule has 1 aliphatic heterocycles. The molecular formula is C30H22N2O3. The summed E-state index contributed by atoms with van der Waals surface area (Å²) in [7, 11) is 0. The zero-order valence-electron chi connectivity index (χ0n) is 19.0. The van der Waals surface area contributed by atoms with Gasteiger partial charge in [-0.05, 0) is 41.5 Å². The van der Waals surface area contributed by atoms with Gasteiger partial charge >= 0.3 is 0 Å². The number of carbonyl (C=O) groups excluding carboxylic acids is 2. The Morgan fingerprint density at radius 2 is 1.57 bits per heavy atom. The van der Waals surface area contributed by atoms with Gasteiger partial charge in [0.05, 0.1) is 11.6 Å². The van der Waals surface area contributed by atoms with Crippen LogP contribution in [-0.2, 0) is 9.59 Å². The van der Waals surface area contributed by atoms with E-state index in [0.29, 0.717) is 11.3 Å². The minimum absolute atomic E-state index is 0.0817. The number of para-hydroxylation sites is 2. The second-order valence-electron chi connectivity index (χ2n) is 8.81. The quantitative estimate of drug-likeness (QED) is 0.190. The van der Waals surface area contributed by atoms with Crippen LogP contribution in [0.2, 0.25) is 0 Å². The SMILES string of the molecule is Cc1ccccc1N1C(=O)C(=O)/C(=C(/O)c2ccc3ccccc3c2)C1c1c[nH]c2ccccc12. The highest BCUT2D eigenvalue weighted by atomic mass is 16.3. The minimum Gasteiger partial charge on any atom is -0.507 e. The number of fused-ring (bicyclic) bond motifs is 2. The van der Waals surface area contributed by atoms with Crippen molar-refractivity contribution in [2.75, 3.05) is 4.90 Å². The molecule has 4 aromatic carbocycles. The number of nitrogens with zero attached hydrogens (tertiary/aromatic N) is 1. The maximum Gasteiger partial charge on any atom is 0.300 e. The zero-order chi connectivity index (χ0) is 24.1. The van der Waals surface area contributed by atoms with E-state index in [0.717, 1.165) is 32.8 Å². The van der Waals surface area contributed by atoms with Gasteiger partial charge in [-0.2, -0.15) is 0 Å². The Morgan fingerprint density at radius 1 is 0.857 bits per heavy atom. The number of nitrogens with one attached hydrogen (secondary N) is 1. The van der Waals surface area contributed by atoms with Gasteiger partial charge in [0, 0.05) is 33.9 Å². The van der Waals surface area contributed by atoms with Crippen LogP contribution < -0.4 is 4.90 Å². The lowest BCUT2D eigenvalue weighted by atomic mass is 9.94. The van der Waals surface area contributed by atoms with Crippen LogP contribution in [0.3, 0.4) is 0 Å². The van der Waals surface area contributed by atoms with Gasteiger partial charge in [-0.15, -0.1) is 0 Å². The predicted molar refractivity (Wildman–Crippen MR) is 138 cm³/mol. The molecule has 5 heteroatoms. The zero-order valence-corrected chi connectivity index (χ0v) is 19.0. The fourth-order valence-electron chi connectivity index (χ4n) is 5.02. The van der Waals surface area contributed by atoms with Crippen LogP contribution in [0.15, 0.2) is 103 Å². The highest BCUT2D eigenvalue weighted by Gasteiger charge is 2.48. The van der Waals surface area contributed by atoms with Crippen molar-refractivity contribution in [1.29, 1.82) is 0 Å². The lowest BCUT2D eigenvalue weighted by Crippen LogP contribution is -2.30. The Labute approximate surface area is 201 Å². The number of aromatic amines is 1. The summed E-state index contributed by atoms with van der Waals surface area (Å²) < 4.78 is 0. The number of carbonyl (C=O) groups is 2. The molecule has 170 valence electrons. The van der Waals surface area contributed by atoms with Gasteiger partial charge in [0.25, 0.3) is 11.7 Å². The average Bonchev–Trinajstić information content (AvgIpc) is 3.42. The molecule has 5 nitrogen and oxygen atoms in total. The topological polar surface area (TPSA) is 73.4 Å². The number of aliphatic hydroxyl groups is 1. The maximum atomic E-state index is 13.5. The fraction of sp³-hybridized carbons (Fsp3) is 0.0667. The number of aliphatic hydroxyl groups excluding tert-OH is 1. The van der Waals surface area contributed by atoms with Crippen LogP contribution in [0.1, 0.15) is 22.7 Å². The number of aryl methyl sites for hydroxylation is 1. The molecule has 2 heterocycles. The van der Waals surface area contributed by atoms with Crippen LogP contribution >= 0.6 is 0 Å². The first kappa shape index (κ1) is 20.9. The summed E-state index contributed by atoms with van der Waals surface area (Å²) in [5, 5.41) is 14.4. The van der Waals surface area contributed by atoms with Gasteiger partial charge < -0.3 is 10.1 Å². The first-order valence-corrected chi connectivity index (χ1v) is 11.5. The van der Waals surface area contributed by atoms with Crippen molar-refractivity contribution in [2.45, 2.75) is 13.0 Å². The Kier molecular flexibility index (Phi) is 4.78. The molecule has 1 atom stereocenters. The third-order valence-electron chi connectivity index (χ3n) is 6.76. The smallest absolute Gasteiger partial charge is 0.300 e. The molecule has 1 aromatic heterocycles. The molecule has 0 aliphatic carbocycles. The number of benzene rings is 4. The summed E-state index contributed by atoms with van der Waals surface area (Å²) >= 11 is 0. The summed E-state index contributed by atoms with van der Waals surface area (Å²) in [6.07, 6.45) is 1.82. The van der Waals surface area contributed by atoms with E-state index in [4.69, 9.17) is 0 Å². The second-order valence-corrected chi connectivity index (χ2v) is 8.81. The van der Waals surface area contributed by atoms with Crippen LogP contribution in [0.4, 0.5) is 5.69 Å². The molecule has 2 N–H and O–H groups in total. The maximum absolute atomic E-state index is 13.5. The highest BCUT2D eigenvalue weighted by molar-refractivity contribution is 6.52. The van der Waals surface area contributed by atoms with E-state index in [1.54, 1.807) is 6.07 Å². The Morgan fingerprint density at radius 3 is 2.40 bits per heavy atom. The average molecular weight is 459 g/mol. The molecule has 1 aliphatic rings. The molecule has 1 unspecified atom stereocenters. The number of hydrogen-bond donors (Lipinski definition) is 2. The van der Waals surface area contributed by atoms with Gasteiger partial charge in [-0.1, -0.05) is 72.8 Å². The van der Waals surface area contributed by atoms with Gasteiger partial charge in [0.1, 0.15) is 5.76 Å². The van der Waals surface area contributed by atoms with E-state index in [2.05, 4.69) is 4.98 Å². The van der Waals surface area contributed by atoms with Gasteiger partial charge in [0.15, 0.2) is 0 Å². The van der Waals surface area contributed by atoms with Gasteiger partial charge in [-0.3, -0.25) is 14.5 Å². The van der Waals surface area contributed by atoms with Crippen molar-refractivity contribution in [3.63, 3.8) is 0 Å². The number of rotatable bonds is 3. The Bertz CT molecular complexity index is 1680. The number of Topliss-reactive ketones (excluding diaryl/α,β-unsaturated/α-hetero) is 1. The summed E-state index contributed by atoms with van der Waals surface area (Å²) in [6.45, 7) is 1.91. The van der Waals surface area contributed by atoms with E-state index in [1.165, 1.54) is 4.90 Å². The molecule has 0 saturated carbocycles. The van der Waals surface area contributed by atoms with Crippen molar-refractivity contribution in [3.8, 4) is 0 Å². The highest BCUT2D eigenvalue weighted by Crippen LogP contribution is 2.45. The molecule has 1 amide bonds. The molecular weight excluding hydrogens is 436 g/mol. The third-order valence-corrected chi connectivity index (χ3v) is 6.76. The van der Waals surface area contributed by atoms with Crippen molar-refractivity contribution < 1.29 is 14.7 Å². The van der Waals surface area contributed by atoms with Crippen LogP contribution in [0, 0.1) is 6.92 Å².